The maximum absolute atomic E-state index is 12.3. The number of fused-ring (bicyclic) bond motifs is 1. The molecule has 0 saturated heterocycles. The van der Waals surface area contributed by atoms with Crippen LogP contribution >= 0.6 is 0 Å². The largest absolute Gasteiger partial charge is 0.490 e. The minimum Gasteiger partial charge on any atom is -0.490 e. The lowest BCUT2D eigenvalue weighted by Crippen LogP contribution is -2.39. The number of benzene rings is 1. The minimum atomic E-state index is -4.34. The standard InChI is InChI=1S/C12H14F3NO/c1-7-4-9-5-8(2-3-10(9)17-7)6-11(16)12(13,14)15/h2-3,5,7,11H,4,6,16H2,1H3. The minimum absolute atomic E-state index is 0.0940. The van der Waals surface area contributed by atoms with Gasteiger partial charge in [-0.05, 0) is 30.5 Å². The number of nitrogens with two attached hydrogens (primary N) is 1. The van der Waals surface area contributed by atoms with Gasteiger partial charge in [-0.3, -0.25) is 0 Å². The Labute approximate surface area is 97.6 Å². The van der Waals surface area contributed by atoms with E-state index in [2.05, 4.69) is 0 Å². The molecular formula is C12H14F3NO. The molecule has 5 heteroatoms. The third kappa shape index (κ3) is 2.72. The summed E-state index contributed by atoms with van der Waals surface area (Å²) in [5.74, 6) is 0.766. The average molecular weight is 245 g/mol. The molecule has 1 aliphatic heterocycles. The molecule has 0 amide bonds. The normalized spacial score (nSPS) is 20.9. The van der Waals surface area contributed by atoms with Crippen molar-refractivity contribution >= 4 is 0 Å². The first-order chi connectivity index (χ1) is 7.86. The number of alkyl halides is 3. The van der Waals surface area contributed by atoms with Crippen LogP contribution in [-0.4, -0.2) is 18.3 Å². The Hall–Kier alpha value is -1.23. The van der Waals surface area contributed by atoms with Gasteiger partial charge in [0.15, 0.2) is 0 Å². The van der Waals surface area contributed by atoms with E-state index in [0.29, 0.717) is 5.56 Å². The molecule has 2 unspecified atom stereocenters. The van der Waals surface area contributed by atoms with Crippen LogP contribution in [0.25, 0.3) is 0 Å². The Morgan fingerprint density at radius 1 is 1.47 bits per heavy atom. The molecule has 2 N–H and O–H groups in total. The van der Waals surface area contributed by atoms with Crippen molar-refractivity contribution < 1.29 is 17.9 Å². The molecule has 2 rings (SSSR count). The second-order valence-corrected chi connectivity index (χ2v) is 4.43. The monoisotopic (exact) mass is 245 g/mol. The summed E-state index contributed by atoms with van der Waals surface area (Å²) in [6.45, 7) is 1.93. The molecule has 1 aliphatic rings. The third-order valence-corrected chi connectivity index (χ3v) is 2.84. The van der Waals surface area contributed by atoms with Crippen molar-refractivity contribution in [1.82, 2.24) is 0 Å². The zero-order valence-electron chi connectivity index (χ0n) is 9.42. The Balaban J connectivity index is 2.12. The number of ether oxygens (including phenoxy) is 1. The molecule has 0 spiro atoms. The second kappa shape index (κ2) is 4.22. The Morgan fingerprint density at radius 2 is 2.18 bits per heavy atom. The summed E-state index contributed by atoms with van der Waals surface area (Å²) in [7, 11) is 0. The van der Waals surface area contributed by atoms with Crippen LogP contribution in [0.1, 0.15) is 18.1 Å². The SMILES string of the molecule is CC1Cc2cc(CC(N)C(F)(F)F)ccc2O1. The Bertz CT molecular complexity index is 417. The third-order valence-electron chi connectivity index (χ3n) is 2.84. The molecule has 1 aromatic carbocycles. The van der Waals surface area contributed by atoms with E-state index in [4.69, 9.17) is 10.5 Å². The number of halogens is 3. The first kappa shape index (κ1) is 12.2. The quantitative estimate of drug-likeness (QED) is 0.868. The van der Waals surface area contributed by atoms with Crippen LogP contribution in [0, 0.1) is 0 Å². The summed E-state index contributed by atoms with van der Waals surface area (Å²) < 4.78 is 42.4. The lowest BCUT2D eigenvalue weighted by atomic mass is 10.0. The van der Waals surface area contributed by atoms with Gasteiger partial charge in [-0.2, -0.15) is 13.2 Å². The van der Waals surface area contributed by atoms with E-state index >= 15 is 0 Å². The van der Waals surface area contributed by atoms with E-state index in [1.807, 2.05) is 6.92 Å². The van der Waals surface area contributed by atoms with E-state index in [0.717, 1.165) is 17.7 Å². The van der Waals surface area contributed by atoms with Crippen molar-refractivity contribution in [3.05, 3.63) is 29.3 Å². The van der Waals surface area contributed by atoms with Gasteiger partial charge < -0.3 is 10.5 Å². The van der Waals surface area contributed by atoms with Crippen molar-refractivity contribution in [1.29, 1.82) is 0 Å². The summed E-state index contributed by atoms with van der Waals surface area (Å²) in [6.07, 6.45) is -3.70. The van der Waals surface area contributed by atoms with Gasteiger partial charge in [-0.25, -0.2) is 0 Å². The molecule has 0 bridgehead atoms. The van der Waals surface area contributed by atoms with Gasteiger partial charge in [0, 0.05) is 6.42 Å². The van der Waals surface area contributed by atoms with Crippen LogP contribution in [-0.2, 0) is 12.8 Å². The van der Waals surface area contributed by atoms with Gasteiger partial charge >= 0.3 is 6.18 Å². The number of hydrogen-bond acceptors (Lipinski definition) is 2. The van der Waals surface area contributed by atoms with Crippen LogP contribution in [0.4, 0.5) is 13.2 Å². The molecule has 0 saturated carbocycles. The highest BCUT2D eigenvalue weighted by atomic mass is 19.4. The van der Waals surface area contributed by atoms with Gasteiger partial charge in [0.1, 0.15) is 17.9 Å². The fraction of sp³-hybridized carbons (Fsp3) is 0.500. The Morgan fingerprint density at radius 3 is 2.82 bits per heavy atom. The first-order valence-electron chi connectivity index (χ1n) is 5.47. The van der Waals surface area contributed by atoms with Crippen molar-refractivity contribution in [2.24, 2.45) is 5.73 Å². The zero-order valence-corrected chi connectivity index (χ0v) is 9.42. The first-order valence-corrected chi connectivity index (χ1v) is 5.47. The van der Waals surface area contributed by atoms with Crippen molar-refractivity contribution in [3.63, 3.8) is 0 Å². The van der Waals surface area contributed by atoms with Crippen LogP contribution < -0.4 is 10.5 Å². The highest BCUT2D eigenvalue weighted by Gasteiger charge is 2.36. The Kier molecular flexibility index (Phi) is 3.03. The fourth-order valence-electron chi connectivity index (χ4n) is 1.97. The van der Waals surface area contributed by atoms with Gasteiger partial charge in [-0.1, -0.05) is 12.1 Å². The van der Waals surface area contributed by atoms with Crippen LogP contribution in [0.3, 0.4) is 0 Å². The summed E-state index contributed by atoms with van der Waals surface area (Å²) in [6, 6.07) is 3.31. The highest BCUT2D eigenvalue weighted by Crippen LogP contribution is 2.30. The molecule has 0 aliphatic carbocycles. The molecular weight excluding hydrogens is 231 g/mol. The van der Waals surface area contributed by atoms with Gasteiger partial charge in [0.05, 0.1) is 0 Å². The fourth-order valence-corrected chi connectivity index (χ4v) is 1.97. The highest BCUT2D eigenvalue weighted by molar-refractivity contribution is 5.40. The molecule has 1 heterocycles. The van der Waals surface area contributed by atoms with E-state index in [-0.39, 0.29) is 12.5 Å². The maximum atomic E-state index is 12.3. The molecule has 0 aromatic heterocycles. The lowest BCUT2D eigenvalue weighted by molar-refractivity contribution is -0.147. The van der Waals surface area contributed by atoms with Crippen molar-refractivity contribution in [2.75, 3.05) is 0 Å². The van der Waals surface area contributed by atoms with Gasteiger partial charge in [-0.15, -0.1) is 0 Å². The summed E-state index contributed by atoms with van der Waals surface area (Å²) in [5.41, 5.74) is 6.66. The van der Waals surface area contributed by atoms with Crippen molar-refractivity contribution in [3.8, 4) is 5.75 Å². The van der Waals surface area contributed by atoms with Crippen LogP contribution in [0.15, 0.2) is 18.2 Å². The average Bonchev–Trinajstić information content (AvgIpc) is 2.55. The van der Waals surface area contributed by atoms with E-state index in [1.54, 1.807) is 18.2 Å². The number of rotatable bonds is 2. The van der Waals surface area contributed by atoms with E-state index in [1.165, 1.54) is 0 Å². The predicted octanol–water partition coefficient (Wildman–Crippen LogP) is 2.44. The topological polar surface area (TPSA) is 35.2 Å². The zero-order chi connectivity index (χ0) is 12.6. The predicted molar refractivity (Wildman–Crippen MR) is 58.0 cm³/mol. The summed E-state index contributed by atoms with van der Waals surface area (Å²) >= 11 is 0. The molecule has 2 atom stereocenters. The molecule has 0 fully saturated rings. The molecule has 0 radical (unpaired) electrons. The molecule has 17 heavy (non-hydrogen) atoms. The van der Waals surface area contributed by atoms with Crippen LogP contribution in [0.2, 0.25) is 0 Å². The molecule has 2 nitrogen and oxygen atoms in total. The maximum Gasteiger partial charge on any atom is 0.403 e. The van der Waals surface area contributed by atoms with Crippen molar-refractivity contribution in [2.45, 2.75) is 38.1 Å². The number of hydrogen-bond donors (Lipinski definition) is 1. The van der Waals surface area contributed by atoms with E-state index in [9.17, 15) is 13.2 Å². The van der Waals surface area contributed by atoms with Gasteiger partial charge in [0.2, 0.25) is 0 Å². The molecule has 1 aromatic rings. The smallest absolute Gasteiger partial charge is 0.403 e. The van der Waals surface area contributed by atoms with Crippen LogP contribution in [0.5, 0.6) is 5.75 Å². The summed E-state index contributed by atoms with van der Waals surface area (Å²) in [5, 5.41) is 0. The summed E-state index contributed by atoms with van der Waals surface area (Å²) in [4.78, 5) is 0. The van der Waals surface area contributed by atoms with Gasteiger partial charge in [0.25, 0.3) is 0 Å². The molecule has 94 valence electrons. The second-order valence-electron chi connectivity index (χ2n) is 4.43. The van der Waals surface area contributed by atoms with E-state index < -0.39 is 12.2 Å². The lowest BCUT2D eigenvalue weighted by Gasteiger charge is -2.15.